The lowest BCUT2D eigenvalue weighted by atomic mass is 9.91. The van der Waals surface area contributed by atoms with Crippen LogP contribution in [0.5, 0.6) is 0 Å². The molecule has 1 aliphatic heterocycles. The second-order valence-electron chi connectivity index (χ2n) is 8.62. The summed E-state index contributed by atoms with van der Waals surface area (Å²) in [6, 6.07) is 10.4. The van der Waals surface area contributed by atoms with Crippen LogP contribution in [0.3, 0.4) is 0 Å². The Kier molecular flexibility index (Phi) is 6.11. The van der Waals surface area contributed by atoms with Gasteiger partial charge in [-0.15, -0.1) is 0 Å². The maximum atomic E-state index is 12.6. The normalized spacial score (nSPS) is 14.5. The summed E-state index contributed by atoms with van der Waals surface area (Å²) < 4.78 is 0. The zero-order valence-corrected chi connectivity index (χ0v) is 19.3. The Morgan fingerprint density at radius 1 is 1.16 bits per heavy atom. The minimum atomic E-state index is -0.697. The number of hydrogen-bond acceptors (Lipinski definition) is 3. The molecular weight excluding hydrogens is 410 g/mol. The maximum absolute atomic E-state index is 12.6. The van der Waals surface area contributed by atoms with E-state index in [1.54, 1.807) is 0 Å². The van der Waals surface area contributed by atoms with Gasteiger partial charge in [-0.2, -0.15) is 0 Å². The number of aromatic nitrogens is 1. The molecule has 2 aromatic carbocycles. The van der Waals surface area contributed by atoms with Crippen LogP contribution in [-0.4, -0.2) is 34.0 Å². The van der Waals surface area contributed by atoms with Gasteiger partial charge in [-0.1, -0.05) is 45.4 Å². The van der Waals surface area contributed by atoms with Gasteiger partial charge in [-0.25, -0.2) is 0 Å². The molecule has 0 radical (unpaired) electrons. The minimum Gasteiger partial charge on any atom is -0.388 e. The first-order chi connectivity index (χ1) is 14.8. The second kappa shape index (κ2) is 8.65. The molecule has 1 aromatic heterocycles. The van der Waals surface area contributed by atoms with Crippen molar-refractivity contribution in [2.75, 3.05) is 13.1 Å². The number of nitrogens with one attached hydrogen (secondary N) is 2. The summed E-state index contributed by atoms with van der Waals surface area (Å²) in [4.78, 5) is 18.5. The van der Waals surface area contributed by atoms with Crippen molar-refractivity contribution >= 4 is 28.4 Å². The van der Waals surface area contributed by atoms with Crippen LogP contribution in [0.2, 0.25) is 5.02 Å². The summed E-state index contributed by atoms with van der Waals surface area (Å²) in [5.74, 6) is -0.114. The summed E-state index contributed by atoms with van der Waals surface area (Å²) >= 11 is 6.63. The first-order valence-electron chi connectivity index (χ1n) is 11.0. The van der Waals surface area contributed by atoms with E-state index in [0.29, 0.717) is 22.7 Å². The average Bonchev–Trinajstić information content (AvgIpc) is 3.35. The lowest BCUT2D eigenvalue weighted by Crippen LogP contribution is -2.21. The lowest BCUT2D eigenvalue weighted by Gasteiger charge is -2.19. The summed E-state index contributed by atoms with van der Waals surface area (Å²) in [6.07, 6.45) is -0.697. The molecule has 0 spiro atoms. The molecule has 1 unspecified atom stereocenters. The second-order valence-corrected chi connectivity index (χ2v) is 9.00. The number of amides is 1. The van der Waals surface area contributed by atoms with E-state index in [-0.39, 0.29) is 11.8 Å². The third kappa shape index (κ3) is 3.98. The molecule has 5 nitrogen and oxygen atoms in total. The van der Waals surface area contributed by atoms with E-state index in [1.807, 2.05) is 19.9 Å². The molecule has 3 N–H and O–H groups in total. The average molecular weight is 440 g/mol. The van der Waals surface area contributed by atoms with Crippen molar-refractivity contribution in [3.63, 3.8) is 0 Å². The Balaban J connectivity index is 1.82. The fraction of sp³-hybridized carbons (Fsp3) is 0.400. The van der Waals surface area contributed by atoms with Crippen LogP contribution < -0.4 is 5.32 Å². The van der Waals surface area contributed by atoms with E-state index in [2.05, 4.69) is 53.3 Å². The number of halogens is 1. The van der Waals surface area contributed by atoms with Crippen molar-refractivity contribution in [2.45, 2.75) is 46.9 Å². The van der Waals surface area contributed by atoms with Gasteiger partial charge in [0.1, 0.15) is 0 Å². The molecule has 31 heavy (non-hydrogen) atoms. The molecule has 164 valence electrons. The quantitative estimate of drug-likeness (QED) is 0.470. The number of aliphatic hydroxyl groups excluding tert-OH is 1. The van der Waals surface area contributed by atoms with Crippen molar-refractivity contribution in [1.29, 1.82) is 0 Å². The van der Waals surface area contributed by atoms with Gasteiger partial charge in [0.05, 0.1) is 16.7 Å². The highest BCUT2D eigenvalue weighted by Crippen LogP contribution is 2.40. The Labute approximate surface area is 188 Å². The SMILES string of the molecule is CCN(CC)Cc1ccc2[nH]c(-c3cc(C(O)C(C)C)c(Cl)c4c3C(=O)NC4)cc2c1. The van der Waals surface area contributed by atoms with Gasteiger partial charge in [0.2, 0.25) is 0 Å². The number of H-pyrrole nitrogens is 1. The van der Waals surface area contributed by atoms with Crippen molar-refractivity contribution in [1.82, 2.24) is 15.2 Å². The number of hydrogen-bond donors (Lipinski definition) is 3. The standard InChI is InChI=1S/C25H30ClN3O2/c1-5-29(6-2)13-15-7-8-20-16(9-15)10-21(28-20)17-11-18(24(30)14(3)4)23(26)19-12-27-25(31)22(17)19/h7-11,14,24,28,30H,5-6,12-13H2,1-4H3,(H,27,31). The number of fused-ring (bicyclic) bond motifs is 2. The highest BCUT2D eigenvalue weighted by molar-refractivity contribution is 6.33. The summed E-state index contributed by atoms with van der Waals surface area (Å²) in [5.41, 5.74) is 5.95. The molecule has 0 bridgehead atoms. The van der Waals surface area contributed by atoms with Crippen molar-refractivity contribution in [3.8, 4) is 11.3 Å². The van der Waals surface area contributed by atoms with Gasteiger partial charge in [0.15, 0.2) is 0 Å². The largest absolute Gasteiger partial charge is 0.388 e. The molecule has 4 rings (SSSR count). The van der Waals surface area contributed by atoms with E-state index < -0.39 is 6.10 Å². The van der Waals surface area contributed by atoms with Crippen molar-refractivity contribution in [3.05, 3.63) is 57.6 Å². The summed E-state index contributed by atoms with van der Waals surface area (Å²) in [6.45, 7) is 11.6. The van der Waals surface area contributed by atoms with Gasteiger partial charge in [0.25, 0.3) is 5.91 Å². The van der Waals surface area contributed by atoms with Crippen LogP contribution >= 0.6 is 11.6 Å². The molecule has 3 aromatic rings. The molecule has 1 aliphatic rings. The Bertz CT molecular complexity index is 1130. The van der Waals surface area contributed by atoms with Crippen LogP contribution in [0, 0.1) is 5.92 Å². The van der Waals surface area contributed by atoms with Crippen LogP contribution in [0.25, 0.3) is 22.2 Å². The van der Waals surface area contributed by atoms with Crippen LogP contribution in [-0.2, 0) is 13.1 Å². The Morgan fingerprint density at radius 3 is 2.58 bits per heavy atom. The number of benzene rings is 2. The smallest absolute Gasteiger partial charge is 0.252 e. The van der Waals surface area contributed by atoms with Gasteiger partial charge in [-0.05, 0) is 48.8 Å². The van der Waals surface area contributed by atoms with Gasteiger partial charge >= 0.3 is 0 Å². The van der Waals surface area contributed by atoms with E-state index in [9.17, 15) is 9.90 Å². The molecule has 1 amide bonds. The molecule has 0 saturated carbocycles. The molecule has 1 atom stereocenters. The van der Waals surface area contributed by atoms with Crippen LogP contribution in [0.15, 0.2) is 30.3 Å². The molecule has 0 fully saturated rings. The summed E-state index contributed by atoms with van der Waals surface area (Å²) in [5, 5.41) is 15.2. The molecular formula is C25H30ClN3O2. The fourth-order valence-corrected chi connectivity index (χ4v) is 4.67. The minimum absolute atomic E-state index is 0.0128. The maximum Gasteiger partial charge on any atom is 0.252 e. The molecule has 0 saturated heterocycles. The van der Waals surface area contributed by atoms with E-state index in [0.717, 1.165) is 47.4 Å². The monoisotopic (exact) mass is 439 g/mol. The zero-order valence-electron chi connectivity index (χ0n) is 18.6. The highest BCUT2D eigenvalue weighted by Gasteiger charge is 2.30. The van der Waals surface area contributed by atoms with Gasteiger partial charge < -0.3 is 15.4 Å². The van der Waals surface area contributed by atoms with E-state index >= 15 is 0 Å². The molecule has 2 heterocycles. The Morgan fingerprint density at radius 2 is 1.90 bits per heavy atom. The number of nitrogens with zero attached hydrogens (tertiary/aromatic N) is 1. The predicted octanol–water partition coefficient (Wildman–Crippen LogP) is 5.26. The number of carbonyl (C=O) groups excluding carboxylic acids is 1. The highest BCUT2D eigenvalue weighted by atomic mass is 35.5. The van der Waals surface area contributed by atoms with Crippen molar-refractivity contribution in [2.24, 2.45) is 5.92 Å². The lowest BCUT2D eigenvalue weighted by molar-refractivity contribution is 0.0966. The predicted molar refractivity (Wildman–Crippen MR) is 126 cm³/mol. The first kappa shape index (κ1) is 21.9. The topological polar surface area (TPSA) is 68.4 Å². The number of aromatic amines is 1. The van der Waals surface area contributed by atoms with Gasteiger partial charge in [0, 0.05) is 46.4 Å². The first-order valence-corrected chi connectivity index (χ1v) is 11.4. The Hall–Kier alpha value is -2.34. The summed E-state index contributed by atoms with van der Waals surface area (Å²) in [7, 11) is 0. The zero-order chi connectivity index (χ0) is 22.3. The number of carbonyl (C=O) groups is 1. The third-order valence-corrected chi connectivity index (χ3v) is 6.71. The van der Waals surface area contributed by atoms with E-state index in [4.69, 9.17) is 11.6 Å². The molecule has 6 heteroatoms. The third-order valence-electron chi connectivity index (χ3n) is 6.27. The molecule has 0 aliphatic carbocycles. The number of aliphatic hydroxyl groups is 1. The van der Waals surface area contributed by atoms with Crippen molar-refractivity contribution < 1.29 is 9.90 Å². The number of rotatable bonds is 7. The fourth-order valence-electron chi connectivity index (χ4n) is 4.34. The van der Waals surface area contributed by atoms with Crippen LogP contribution in [0.4, 0.5) is 0 Å². The van der Waals surface area contributed by atoms with E-state index in [1.165, 1.54) is 5.56 Å². The van der Waals surface area contributed by atoms with Crippen LogP contribution in [0.1, 0.15) is 60.8 Å². The van der Waals surface area contributed by atoms with Gasteiger partial charge in [-0.3, -0.25) is 9.69 Å².